The van der Waals surface area contributed by atoms with Gasteiger partial charge in [0.1, 0.15) is 5.82 Å². The van der Waals surface area contributed by atoms with E-state index in [0.717, 1.165) is 50.5 Å². The number of benzene rings is 1. The molecule has 138 valence electrons. The van der Waals surface area contributed by atoms with Gasteiger partial charge in [0.25, 0.3) is 0 Å². The molecule has 2 fully saturated rings. The van der Waals surface area contributed by atoms with Crippen molar-refractivity contribution in [2.45, 2.75) is 26.3 Å². The molecule has 0 radical (unpaired) electrons. The molecule has 0 saturated carbocycles. The van der Waals surface area contributed by atoms with Gasteiger partial charge < -0.3 is 15.0 Å². The zero-order valence-electron chi connectivity index (χ0n) is 15.1. The van der Waals surface area contributed by atoms with Gasteiger partial charge in [-0.1, -0.05) is 13.0 Å². The topological polar surface area (TPSA) is 44.8 Å². The molecule has 2 aliphatic heterocycles. The number of morpholine rings is 1. The van der Waals surface area contributed by atoms with Crippen LogP contribution in [0.15, 0.2) is 18.2 Å². The second-order valence-corrected chi connectivity index (χ2v) is 7.15. The Morgan fingerprint density at radius 2 is 2.08 bits per heavy atom. The molecule has 0 spiro atoms. The van der Waals surface area contributed by atoms with Crippen LogP contribution in [-0.2, 0) is 11.2 Å². The van der Waals surface area contributed by atoms with Crippen molar-refractivity contribution < 1.29 is 13.9 Å². The number of halogens is 1. The minimum absolute atomic E-state index is 0.00220. The third kappa shape index (κ3) is 4.50. The van der Waals surface area contributed by atoms with E-state index in [1.807, 2.05) is 11.8 Å². The first-order valence-electron chi connectivity index (χ1n) is 9.14. The molecule has 25 heavy (non-hydrogen) atoms. The molecule has 0 aromatic heterocycles. The predicted molar refractivity (Wildman–Crippen MR) is 95.2 cm³/mol. The number of hydrogen-bond acceptors (Lipinski definition) is 3. The zero-order valence-corrected chi connectivity index (χ0v) is 15.1. The minimum Gasteiger partial charge on any atom is -0.379 e. The average Bonchev–Trinajstić information content (AvgIpc) is 2.99. The third-order valence-electron chi connectivity index (χ3n) is 5.35. The van der Waals surface area contributed by atoms with Crippen molar-refractivity contribution in [3.63, 3.8) is 0 Å². The highest BCUT2D eigenvalue weighted by Crippen LogP contribution is 2.22. The van der Waals surface area contributed by atoms with Crippen LogP contribution >= 0.6 is 0 Å². The summed E-state index contributed by atoms with van der Waals surface area (Å²) in [7, 11) is 0. The Kier molecular flexibility index (Phi) is 5.91. The average molecular weight is 349 g/mol. The van der Waals surface area contributed by atoms with Crippen LogP contribution in [0.4, 0.5) is 9.18 Å². The number of likely N-dealkylation sites (tertiary alicyclic amines) is 1. The van der Waals surface area contributed by atoms with E-state index in [2.05, 4.69) is 17.1 Å². The van der Waals surface area contributed by atoms with Gasteiger partial charge in [-0.2, -0.15) is 0 Å². The Labute approximate surface area is 149 Å². The molecule has 0 bridgehead atoms. The van der Waals surface area contributed by atoms with Crippen LogP contribution in [0.3, 0.4) is 0 Å². The molecule has 2 amide bonds. The number of carbonyl (C=O) groups is 1. The smallest absolute Gasteiger partial charge is 0.317 e. The lowest BCUT2D eigenvalue weighted by atomic mass is 10.0. The molecular weight excluding hydrogens is 321 g/mol. The second kappa shape index (κ2) is 8.15. The number of nitrogens with one attached hydrogen (secondary N) is 1. The molecule has 2 aliphatic rings. The summed E-state index contributed by atoms with van der Waals surface area (Å²) in [5.74, 6) is 0.258. The van der Waals surface area contributed by atoms with E-state index in [9.17, 15) is 9.18 Å². The van der Waals surface area contributed by atoms with Gasteiger partial charge in [0.15, 0.2) is 0 Å². The number of aryl methyl sites for hydroxylation is 1. The summed E-state index contributed by atoms with van der Waals surface area (Å²) in [6, 6.07) is 5.23. The Morgan fingerprint density at radius 3 is 2.80 bits per heavy atom. The highest BCUT2D eigenvalue weighted by Gasteiger charge is 2.36. The first-order chi connectivity index (χ1) is 12.0. The number of carbonyl (C=O) groups excluding carboxylic acids is 1. The van der Waals surface area contributed by atoms with Crippen LogP contribution in [0, 0.1) is 18.7 Å². The van der Waals surface area contributed by atoms with Crippen LogP contribution < -0.4 is 5.32 Å². The Bertz CT molecular complexity index is 604. The molecule has 1 aromatic rings. The van der Waals surface area contributed by atoms with Gasteiger partial charge in [0.2, 0.25) is 0 Å². The van der Waals surface area contributed by atoms with Crippen molar-refractivity contribution in [1.29, 1.82) is 0 Å². The van der Waals surface area contributed by atoms with Crippen molar-refractivity contribution in [2.24, 2.45) is 5.92 Å². The Balaban J connectivity index is 1.47. The van der Waals surface area contributed by atoms with Crippen LogP contribution in [-0.4, -0.2) is 67.8 Å². The standard InChI is InChI=1S/C19H28FN3O2/c1-14-11-17(20)4-3-16(14)5-6-21-19(24)23-12-15(2)18(13-23)22-7-9-25-10-8-22/h3-4,11,15,18H,5-10,12-13H2,1-2H3,(H,21,24)/t15-,18-/m1/s1. The third-order valence-corrected chi connectivity index (χ3v) is 5.35. The Hall–Kier alpha value is -1.66. The van der Waals surface area contributed by atoms with Crippen LogP contribution in [0.1, 0.15) is 18.1 Å². The van der Waals surface area contributed by atoms with Crippen LogP contribution in [0.2, 0.25) is 0 Å². The van der Waals surface area contributed by atoms with E-state index in [-0.39, 0.29) is 11.8 Å². The lowest BCUT2D eigenvalue weighted by Crippen LogP contribution is -2.47. The van der Waals surface area contributed by atoms with Gasteiger partial charge in [-0.15, -0.1) is 0 Å². The summed E-state index contributed by atoms with van der Waals surface area (Å²) < 4.78 is 18.6. The molecule has 2 heterocycles. The highest BCUT2D eigenvalue weighted by atomic mass is 19.1. The van der Waals surface area contributed by atoms with Crippen molar-refractivity contribution in [2.75, 3.05) is 45.9 Å². The molecule has 5 nitrogen and oxygen atoms in total. The molecule has 2 saturated heterocycles. The van der Waals surface area contributed by atoms with Crippen molar-refractivity contribution >= 4 is 6.03 Å². The lowest BCUT2D eigenvalue weighted by Gasteiger charge is -2.33. The normalized spacial score (nSPS) is 24.5. The quantitative estimate of drug-likeness (QED) is 0.905. The van der Waals surface area contributed by atoms with Gasteiger partial charge in [0.05, 0.1) is 13.2 Å². The van der Waals surface area contributed by atoms with Crippen LogP contribution in [0.25, 0.3) is 0 Å². The molecular formula is C19H28FN3O2. The van der Waals surface area contributed by atoms with E-state index in [4.69, 9.17) is 4.74 Å². The fourth-order valence-corrected chi connectivity index (χ4v) is 3.86. The molecule has 3 rings (SSSR count). The number of ether oxygens (including phenoxy) is 1. The van der Waals surface area contributed by atoms with E-state index in [1.54, 1.807) is 6.07 Å². The van der Waals surface area contributed by atoms with E-state index in [0.29, 0.717) is 24.9 Å². The van der Waals surface area contributed by atoms with Crippen molar-refractivity contribution in [1.82, 2.24) is 15.1 Å². The molecule has 0 aliphatic carbocycles. The first-order valence-corrected chi connectivity index (χ1v) is 9.14. The number of hydrogen-bond donors (Lipinski definition) is 1. The van der Waals surface area contributed by atoms with Gasteiger partial charge in [0, 0.05) is 38.8 Å². The van der Waals surface area contributed by atoms with Crippen molar-refractivity contribution in [3.05, 3.63) is 35.1 Å². The number of rotatable bonds is 4. The van der Waals surface area contributed by atoms with Gasteiger partial charge >= 0.3 is 6.03 Å². The fourth-order valence-electron chi connectivity index (χ4n) is 3.86. The van der Waals surface area contributed by atoms with E-state index in [1.165, 1.54) is 12.1 Å². The van der Waals surface area contributed by atoms with E-state index >= 15 is 0 Å². The second-order valence-electron chi connectivity index (χ2n) is 7.15. The van der Waals surface area contributed by atoms with Crippen molar-refractivity contribution in [3.8, 4) is 0 Å². The molecule has 1 aromatic carbocycles. The number of amides is 2. The van der Waals surface area contributed by atoms with E-state index < -0.39 is 0 Å². The maximum absolute atomic E-state index is 13.1. The first kappa shape index (κ1) is 18.1. The lowest BCUT2D eigenvalue weighted by molar-refractivity contribution is 0.0123. The molecule has 1 N–H and O–H groups in total. The summed E-state index contributed by atoms with van der Waals surface area (Å²) in [5, 5.41) is 3.01. The Morgan fingerprint density at radius 1 is 1.32 bits per heavy atom. The molecule has 6 heteroatoms. The highest BCUT2D eigenvalue weighted by molar-refractivity contribution is 5.74. The predicted octanol–water partition coefficient (Wildman–Crippen LogP) is 2.04. The number of nitrogens with zero attached hydrogens (tertiary/aromatic N) is 2. The summed E-state index contributed by atoms with van der Waals surface area (Å²) >= 11 is 0. The van der Waals surface area contributed by atoms with Gasteiger partial charge in [-0.05, 0) is 42.5 Å². The monoisotopic (exact) mass is 349 g/mol. The van der Waals surface area contributed by atoms with Crippen LogP contribution in [0.5, 0.6) is 0 Å². The maximum Gasteiger partial charge on any atom is 0.317 e. The maximum atomic E-state index is 13.1. The zero-order chi connectivity index (χ0) is 17.8. The minimum atomic E-state index is -0.217. The fraction of sp³-hybridized carbons (Fsp3) is 0.632. The SMILES string of the molecule is Cc1cc(F)ccc1CCNC(=O)N1C[C@@H](C)[C@H](N2CCOCC2)C1. The van der Waals surface area contributed by atoms with Gasteiger partial charge in [-0.3, -0.25) is 4.90 Å². The largest absolute Gasteiger partial charge is 0.379 e. The molecule has 0 unspecified atom stereocenters. The summed E-state index contributed by atoms with van der Waals surface area (Å²) in [4.78, 5) is 16.8. The van der Waals surface area contributed by atoms with Gasteiger partial charge in [-0.25, -0.2) is 9.18 Å². The summed E-state index contributed by atoms with van der Waals surface area (Å²) in [5.41, 5.74) is 2.00. The summed E-state index contributed by atoms with van der Waals surface area (Å²) in [6.45, 7) is 9.73. The number of urea groups is 1. The molecule has 2 atom stereocenters. The summed E-state index contributed by atoms with van der Waals surface area (Å²) in [6.07, 6.45) is 0.716.